The molecule has 0 aromatic carbocycles. The van der Waals surface area contributed by atoms with Gasteiger partial charge in [0.15, 0.2) is 16.7 Å². The van der Waals surface area contributed by atoms with E-state index in [2.05, 4.69) is 25.1 Å². The van der Waals surface area contributed by atoms with Gasteiger partial charge in [0, 0.05) is 13.2 Å². The molecule has 0 atom stereocenters. The van der Waals surface area contributed by atoms with Crippen LogP contribution in [0.3, 0.4) is 0 Å². The van der Waals surface area contributed by atoms with Crippen LogP contribution >= 0.6 is 11.6 Å². The highest BCUT2D eigenvalue weighted by Gasteiger charge is 2.20. The molecule has 0 radical (unpaired) electrons. The maximum atomic E-state index is 11.7. The van der Waals surface area contributed by atoms with Crippen molar-refractivity contribution in [2.24, 2.45) is 7.05 Å². The molecule has 8 nitrogen and oxygen atoms in total. The quantitative estimate of drug-likeness (QED) is 0.853. The van der Waals surface area contributed by atoms with Crippen molar-refractivity contribution in [3.63, 3.8) is 0 Å². The van der Waals surface area contributed by atoms with Gasteiger partial charge < -0.3 is 14.8 Å². The predicted octanol–water partition coefficient (Wildman–Crippen LogP) is 1.40. The number of anilines is 2. The van der Waals surface area contributed by atoms with E-state index in [0.717, 1.165) is 0 Å². The molecule has 0 aliphatic carbocycles. The lowest BCUT2D eigenvalue weighted by Gasteiger charge is -2.10. The van der Waals surface area contributed by atoms with Crippen LogP contribution in [-0.4, -0.2) is 39.9 Å². The Bertz CT molecular complexity index is 643. The fourth-order valence-corrected chi connectivity index (χ4v) is 1.68. The smallest absolute Gasteiger partial charge is 0.360 e. The van der Waals surface area contributed by atoms with Gasteiger partial charge in [-0.15, -0.1) is 0 Å². The van der Waals surface area contributed by atoms with E-state index in [-0.39, 0.29) is 22.5 Å². The number of carbonyl (C=O) groups is 1. The van der Waals surface area contributed by atoms with E-state index in [1.54, 1.807) is 24.1 Å². The third-order valence-corrected chi connectivity index (χ3v) is 2.61. The molecule has 2 aromatic rings. The molecule has 0 aliphatic heterocycles. The zero-order valence-electron chi connectivity index (χ0n) is 11.0. The minimum Gasteiger partial charge on any atom is -0.479 e. The maximum absolute atomic E-state index is 11.7. The Labute approximate surface area is 119 Å². The summed E-state index contributed by atoms with van der Waals surface area (Å²) in [5.74, 6) is -0.384. The highest BCUT2D eigenvalue weighted by Crippen LogP contribution is 2.26. The molecule has 0 saturated carbocycles. The Hall–Kier alpha value is -2.35. The third-order valence-electron chi connectivity index (χ3n) is 2.36. The van der Waals surface area contributed by atoms with Gasteiger partial charge in [0.2, 0.25) is 0 Å². The monoisotopic (exact) mass is 297 g/mol. The Balaban J connectivity index is 2.45. The minimum atomic E-state index is -0.659. The molecule has 0 bridgehead atoms. The van der Waals surface area contributed by atoms with E-state index in [4.69, 9.17) is 16.3 Å². The van der Waals surface area contributed by atoms with Crippen LogP contribution in [0.4, 0.5) is 11.5 Å². The second kappa shape index (κ2) is 5.74. The van der Waals surface area contributed by atoms with Gasteiger partial charge in [-0.1, -0.05) is 11.6 Å². The number of esters is 1. The Morgan fingerprint density at radius 1 is 1.40 bits per heavy atom. The van der Waals surface area contributed by atoms with Crippen LogP contribution in [0.2, 0.25) is 5.15 Å². The number of carbonyl (C=O) groups excluding carboxylic acids is 1. The average Bonchev–Trinajstić information content (AvgIpc) is 2.84. The number of hydrogen-bond acceptors (Lipinski definition) is 7. The summed E-state index contributed by atoms with van der Waals surface area (Å²) in [5.41, 5.74) is 0.596. The summed E-state index contributed by atoms with van der Waals surface area (Å²) in [6.07, 6.45) is 3.29. The van der Waals surface area contributed by atoms with Crippen LogP contribution in [-0.2, 0) is 11.8 Å². The van der Waals surface area contributed by atoms with Gasteiger partial charge in [0.05, 0.1) is 26.1 Å². The van der Waals surface area contributed by atoms with E-state index >= 15 is 0 Å². The Morgan fingerprint density at radius 2 is 2.15 bits per heavy atom. The summed E-state index contributed by atoms with van der Waals surface area (Å²) in [6, 6.07) is 0. The van der Waals surface area contributed by atoms with E-state index in [0.29, 0.717) is 5.69 Å². The van der Waals surface area contributed by atoms with Crippen molar-refractivity contribution in [1.29, 1.82) is 0 Å². The molecule has 2 aromatic heterocycles. The first-order valence-electron chi connectivity index (χ1n) is 5.50. The van der Waals surface area contributed by atoms with Gasteiger partial charge in [0.1, 0.15) is 0 Å². The summed E-state index contributed by atoms with van der Waals surface area (Å²) in [4.78, 5) is 19.7. The number of halogens is 1. The van der Waals surface area contributed by atoms with Crippen molar-refractivity contribution in [3.05, 3.63) is 23.2 Å². The number of ether oxygens (including phenoxy) is 2. The van der Waals surface area contributed by atoms with E-state index < -0.39 is 5.97 Å². The Kier molecular flexibility index (Phi) is 4.04. The van der Waals surface area contributed by atoms with Crippen molar-refractivity contribution in [1.82, 2.24) is 19.7 Å². The number of rotatable bonds is 4. The van der Waals surface area contributed by atoms with Gasteiger partial charge >= 0.3 is 5.97 Å². The molecule has 2 heterocycles. The number of aromatic nitrogens is 4. The second-order valence-corrected chi connectivity index (χ2v) is 4.10. The van der Waals surface area contributed by atoms with Crippen molar-refractivity contribution in [2.45, 2.75) is 0 Å². The zero-order valence-corrected chi connectivity index (χ0v) is 11.8. The van der Waals surface area contributed by atoms with Crippen molar-refractivity contribution < 1.29 is 14.3 Å². The summed E-state index contributed by atoms with van der Waals surface area (Å²) in [5, 5.41) is 6.89. The van der Waals surface area contributed by atoms with Crippen LogP contribution in [0.15, 0.2) is 12.4 Å². The molecule has 0 unspecified atom stereocenters. The van der Waals surface area contributed by atoms with Gasteiger partial charge in [-0.05, 0) is 0 Å². The normalized spacial score (nSPS) is 10.2. The lowest BCUT2D eigenvalue weighted by Crippen LogP contribution is -2.11. The summed E-state index contributed by atoms with van der Waals surface area (Å²) >= 11 is 5.86. The van der Waals surface area contributed by atoms with E-state index in [9.17, 15) is 4.79 Å². The van der Waals surface area contributed by atoms with Crippen LogP contribution in [0.25, 0.3) is 0 Å². The molecule has 0 saturated heterocycles. The topological polar surface area (TPSA) is 91.2 Å². The number of nitrogens with one attached hydrogen (secondary N) is 1. The first-order chi connectivity index (χ1) is 9.55. The molecule has 0 aliphatic rings. The lowest BCUT2D eigenvalue weighted by atomic mass is 10.4. The average molecular weight is 298 g/mol. The summed E-state index contributed by atoms with van der Waals surface area (Å²) in [7, 11) is 4.41. The molecule has 2 rings (SSSR count). The molecule has 0 amide bonds. The number of methoxy groups -OCH3 is 2. The minimum absolute atomic E-state index is 0.0235. The molecular weight excluding hydrogens is 286 g/mol. The fraction of sp³-hybridized carbons (Fsp3) is 0.273. The highest BCUT2D eigenvalue weighted by atomic mass is 35.5. The van der Waals surface area contributed by atoms with Crippen molar-refractivity contribution >= 4 is 29.1 Å². The zero-order chi connectivity index (χ0) is 14.7. The molecule has 9 heteroatoms. The van der Waals surface area contributed by atoms with Gasteiger partial charge in [-0.25, -0.2) is 9.78 Å². The Morgan fingerprint density at radius 3 is 2.70 bits per heavy atom. The first kappa shape index (κ1) is 14.1. The van der Waals surface area contributed by atoms with Crippen LogP contribution < -0.4 is 10.1 Å². The molecule has 0 spiro atoms. The standard InChI is InChI=1S/C11H12ClN5O3/c1-17-5-6(4-13-17)14-9-7(11(18)20-3)15-8(12)10(16-9)19-2/h4-5H,1-3H3,(H,14,16). The first-order valence-corrected chi connectivity index (χ1v) is 5.88. The van der Waals surface area contributed by atoms with Crippen LogP contribution in [0, 0.1) is 0 Å². The number of aryl methyl sites for hydroxylation is 1. The fourth-order valence-electron chi connectivity index (χ4n) is 1.48. The second-order valence-electron chi connectivity index (χ2n) is 3.74. The maximum Gasteiger partial charge on any atom is 0.360 e. The van der Waals surface area contributed by atoms with Gasteiger partial charge in [-0.3, -0.25) is 4.68 Å². The molecule has 1 N–H and O–H groups in total. The third kappa shape index (κ3) is 2.80. The molecule has 20 heavy (non-hydrogen) atoms. The molecule has 0 fully saturated rings. The number of hydrogen-bond donors (Lipinski definition) is 1. The largest absolute Gasteiger partial charge is 0.479 e. The summed E-state index contributed by atoms with van der Waals surface area (Å²) < 4.78 is 11.2. The number of nitrogens with zero attached hydrogens (tertiary/aromatic N) is 4. The highest BCUT2D eigenvalue weighted by molar-refractivity contribution is 6.30. The van der Waals surface area contributed by atoms with Crippen molar-refractivity contribution in [2.75, 3.05) is 19.5 Å². The van der Waals surface area contributed by atoms with Gasteiger partial charge in [-0.2, -0.15) is 10.1 Å². The van der Waals surface area contributed by atoms with Crippen molar-refractivity contribution in [3.8, 4) is 5.88 Å². The van der Waals surface area contributed by atoms with Crippen LogP contribution in [0.5, 0.6) is 5.88 Å². The van der Waals surface area contributed by atoms with Gasteiger partial charge in [0.25, 0.3) is 5.88 Å². The van der Waals surface area contributed by atoms with E-state index in [1.807, 2.05) is 0 Å². The van der Waals surface area contributed by atoms with Crippen LogP contribution in [0.1, 0.15) is 10.5 Å². The SMILES string of the molecule is COC(=O)c1nc(Cl)c(OC)nc1Nc1cnn(C)c1. The summed E-state index contributed by atoms with van der Waals surface area (Å²) in [6.45, 7) is 0. The van der Waals surface area contributed by atoms with E-state index in [1.165, 1.54) is 14.2 Å². The lowest BCUT2D eigenvalue weighted by molar-refractivity contribution is 0.0594. The molecular formula is C11H12ClN5O3. The molecule has 106 valence electrons. The predicted molar refractivity (Wildman–Crippen MR) is 71.4 cm³/mol.